The predicted octanol–water partition coefficient (Wildman–Crippen LogP) is 7.70. The summed E-state index contributed by atoms with van der Waals surface area (Å²) in [6.07, 6.45) is 8.16. The lowest BCUT2D eigenvalue weighted by atomic mass is 10.0. The number of fused-ring (bicyclic) bond motifs is 1. The van der Waals surface area contributed by atoms with Gasteiger partial charge in [-0.1, -0.05) is 75.8 Å². The summed E-state index contributed by atoms with van der Waals surface area (Å²) in [6, 6.07) is 18.1. The van der Waals surface area contributed by atoms with Crippen LogP contribution in [0.2, 0.25) is 0 Å². The molecular formula is C36H44FN3O3S. The molecule has 0 saturated carbocycles. The second-order valence-electron chi connectivity index (χ2n) is 11.8. The maximum Gasteiger partial charge on any atom is 0.328 e. The molecule has 2 aromatic carbocycles. The topological polar surface area (TPSA) is 54.8 Å². The lowest BCUT2D eigenvalue weighted by Crippen LogP contribution is -2.46. The predicted molar refractivity (Wildman–Crippen MR) is 179 cm³/mol. The first-order chi connectivity index (χ1) is 21.5. The van der Waals surface area contributed by atoms with Crippen molar-refractivity contribution >= 4 is 33.9 Å². The van der Waals surface area contributed by atoms with Gasteiger partial charge in [0, 0.05) is 60.3 Å². The molecule has 0 bridgehead atoms. The molecule has 0 amide bonds. The summed E-state index contributed by atoms with van der Waals surface area (Å²) in [7, 11) is 1.40. The van der Waals surface area contributed by atoms with Crippen molar-refractivity contribution in [2.24, 2.45) is 0 Å². The number of halogens is 1. The minimum Gasteiger partial charge on any atom is -0.467 e. The van der Waals surface area contributed by atoms with Crippen LogP contribution in [-0.2, 0) is 16.0 Å². The van der Waals surface area contributed by atoms with E-state index in [-0.39, 0.29) is 17.3 Å². The number of piperazine rings is 1. The average molecular weight is 618 g/mol. The fourth-order valence-corrected chi connectivity index (χ4v) is 7.14. The number of esters is 1. The third-order valence-corrected chi connectivity index (χ3v) is 9.74. The van der Waals surface area contributed by atoms with Gasteiger partial charge in [0.05, 0.1) is 12.6 Å². The molecule has 4 aromatic rings. The van der Waals surface area contributed by atoms with E-state index < -0.39 is 6.04 Å². The first kappa shape index (κ1) is 31.9. The van der Waals surface area contributed by atoms with Crippen molar-refractivity contribution < 1.29 is 13.9 Å². The zero-order valence-electron chi connectivity index (χ0n) is 26.0. The number of pyridine rings is 1. The van der Waals surface area contributed by atoms with Crippen molar-refractivity contribution in [1.29, 1.82) is 0 Å². The number of hydrogen-bond acceptors (Lipinski definition) is 6. The van der Waals surface area contributed by atoms with Gasteiger partial charge in [-0.2, -0.15) is 0 Å². The highest BCUT2D eigenvalue weighted by molar-refractivity contribution is 7.14. The fraction of sp³-hybridized carbons (Fsp3) is 0.444. The van der Waals surface area contributed by atoms with Gasteiger partial charge in [0.25, 0.3) is 5.56 Å². The van der Waals surface area contributed by atoms with E-state index in [0.717, 1.165) is 85.4 Å². The van der Waals surface area contributed by atoms with Crippen LogP contribution in [-0.4, -0.2) is 55.3 Å². The Labute approximate surface area is 264 Å². The van der Waals surface area contributed by atoms with E-state index in [0.29, 0.717) is 12.0 Å². The van der Waals surface area contributed by atoms with E-state index in [1.54, 1.807) is 28.0 Å². The highest BCUT2D eigenvalue weighted by Gasteiger charge is 2.24. The summed E-state index contributed by atoms with van der Waals surface area (Å²) >= 11 is 1.59. The van der Waals surface area contributed by atoms with Crippen molar-refractivity contribution in [2.45, 2.75) is 64.3 Å². The van der Waals surface area contributed by atoms with Gasteiger partial charge in [-0.05, 0) is 48.1 Å². The van der Waals surface area contributed by atoms with Gasteiger partial charge in [0.15, 0.2) is 0 Å². The van der Waals surface area contributed by atoms with Crippen LogP contribution in [0.15, 0.2) is 70.8 Å². The number of methoxy groups -OCH3 is 1. The van der Waals surface area contributed by atoms with Crippen LogP contribution >= 0.6 is 11.3 Å². The van der Waals surface area contributed by atoms with E-state index in [1.165, 1.54) is 32.4 Å². The van der Waals surface area contributed by atoms with Crippen LogP contribution in [0.3, 0.4) is 0 Å². The minimum atomic E-state index is -0.623. The number of aromatic nitrogens is 1. The quantitative estimate of drug-likeness (QED) is 0.107. The number of ether oxygens (including phenoxy) is 1. The summed E-state index contributed by atoms with van der Waals surface area (Å²) in [6.45, 7) is 6.86. The number of benzene rings is 2. The van der Waals surface area contributed by atoms with Gasteiger partial charge in [-0.15, -0.1) is 11.3 Å². The van der Waals surface area contributed by atoms with Crippen LogP contribution in [0.25, 0.3) is 21.3 Å². The van der Waals surface area contributed by atoms with Gasteiger partial charge >= 0.3 is 5.97 Å². The molecule has 1 aliphatic heterocycles. The lowest BCUT2D eigenvalue weighted by molar-refractivity contribution is -0.144. The van der Waals surface area contributed by atoms with Gasteiger partial charge < -0.3 is 9.64 Å². The number of nitrogens with zero attached hydrogens (tertiary/aromatic N) is 3. The molecule has 2 aromatic heterocycles. The standard InChI is InChI=1S/C36H44FN3O3S/c1-3-4-5-6-7-8-13-32(36(42)43-2)40-33-24-27(14-15-28(33)16-17-35(40)41)18-19-38-20-22-39(23-21-38)29-25-34(44-26-29)30-11-9-10-12-31(30)37/h9-12,14-17,24-26,32H,3-8,13,18-23H2,1-2H3. The summed E-state index contributed by atoms with van der Waals surface area (Å²) in [4.78, 5) is 31.9. The largest absolute Gasteiger partial charge is 0.467 e. The van der Waals surface area contributed by atoms with Crippen molar-refractivity contribution in [3.63, 3.8) is 0 Å². The third kappa shape index (κ3) is 7.77. The van der Waals surface area contributed by atoms with Crippen molar-refractivity contribution in [1.82, 2.24) is 9.47 Å². The molecule has 0 radical (unpaired) electrons. The number of anilines is 1. The molecule has 0 N–H and O–H groups in total. The van der Waals surface area contributed by atoms with E-state index in [9.17, 15) is 14.0 Å². The van der Waals surface area contributed by atoms with Crippen LogP contribution in [0, 0.1) is 5.82 Å². The maximum absolute atomic E-state index is 14.3. The number of rotatable bonds is 14. The Kier molecular flexibility index (Phi) is 11.2. The average Bonchev–Trinajstić information content (AvgIpc) is 3.54. The zero-order valence-corrected chi connectivity index (χ0v) is 26.8. The molecule has 44 heavy (non-hydrogen) atoms. The highest BCUT2D eigenvalue weighted by atomic mass is 32.1. The first-order valence-corrected chi connectivity index (χ1v) is 16.9. The van der Waals surface area contributed by atoms with Gasteiger partial charge in [-0.3, -0.25) is 14.3 Å². The molecule has 8 heteroatoms. The molecule has 0 aliphatic carbocycles. The number of thiophene rings is 1. The number of carbonyl (C=O) groups excluding carboxylic acids is 1. The van der Waals surface area contributed by atoms with Crippen LogP contribution in [0.4, 0.5) is 10.1 Å². The smallest absolute Gasteiger partial charge is 0.328 e. The number of hydrogen-bond donors (Lipinski definition) is 0. The van der Waals surface area contributed by atoms with Gasteiger partial charge in [0.2, 0.25) is 0 Å². The third-order valence-electron chi connectivity index (χ3n) is 8.79. The first-order valence-electron chi connectivity index (χ1n) is 16.0. The van der Waals surface area contributed by atoms with Crippen LogP contribution in [0.5, 0.6) is 0 Å². The Bertz CT molecular complexity index is 1590. The molecule has 234 valence electrons. The minimum absolute atomic E-state index is 0.168. The van der Waals surface area contributed by atoms with Gasteiger partial charge in [0.1, 0.15) is 11.9 Å². The van der Waals surface area contributed by atoms with Gasteiger partial charge in [-0.25, -0.2) is 9.18 Å². The molecule has 1 aliphatic rings. The number of carbonyl (C=O) groups is 1. The molecule has 6 nitrogen and oxygen atoms in total. The second kappa shape index (κ2) is 15.5. The summed E-state index contributed by atoms with van der Waals surface area (Å²) in [5.74, 6) is -0.543. The lowest BCUT2D eigenvalue weighted by Gasteiger charge is -2.35. The molecule has 3 heterocycles. The fourth-order valence-electron chi connectivity index (χ4n) is 6.19. The Morgan fingerprint density at radius 1 is 0.955 bits per heavy atom. The Morgan fingerprint density at radius 3 is 2.48 bits per heavy atom. The molecule has 0 spiro atoms. The highest BCUT2D eigenvalue weighted by Crippen LogP contribution is 2.33. The van der Waals surface area contributed by atoms with E-state index in [2.05, 4.69) is 46.4 Å². The summed E-state index contributed by atoms with van der Waals surface area (Å²) in [5, 5.41) is 3.07. The Balaban J connectivity index is 1.22. The Morgan fingerprint density at radius 2 is 1.70 bits per heavy atom. The monoisotopic (exact) mass is 617 g/mol. The Hall–Kier alpha value is -3.49. The van der Waals surface area contributed by atoms with Crippen molar-refractivity contribution in [2.75, 3.05) is 44.7 Å². The molecule has 1 atom stereocenters. The molecule has 1 unspecified atom stereocenters. The normalized spacial score (nSPS) is 14.7. The van der Waals surface area contributed by atoms with E-state index in [4.69, 9.17) is 4.74 Å². The van der Waals surface area contributed by atoms with Crippen LogP contribution in [0.1, 0.15) is 63.5 Å². The molecule has 1 fully saturated rings. The SMILES string of the molecule is CCCCCCCCC(C(=O)OC)n1c(=O)ccc2ccc(CCN3CCN(c4csc(-c5ccccc5F)c4)CC3)cc21. The molecular weight excluding hydrogens is 573 g/mol. The van der Waals surface area contributed by atoms with Crippen LogP contribution < -0.4 is 10.5 Å². The van der Waals surface area contributed by atoms with E-state index in [1.807, 2.05) is 18.2 Å². The summed E-state index contributed by atoms with van der Waals surface area (Å²) < 4.78 is 21.1. The second-order valence-corrected chi connectivity index (χ2v) is 12.7. The number of unbranched alkanes of at least 4 members (excludes halogenated alkanes) is 5. The van der Waals surface area contributed by atoms with Crippen molar-refractivity contribution in [3.8, 4) is 10.4 Å². The molecule has 5 rings (SSSR count). The van der Waals surface area contributed by atoms with E-state index >= 15 is 0 Å². The van der Waals surface area contributed by atoms with Crippen molar-refractivity contribution in [3.05, 3.63) is 87.8 Å². The molecule has 1 saturated heterocycles. The maximum atomic E-state index is 14.3. The summed E-state index contributed by atoms with van der Waals surface area (Å²) in [5.41, 5.74) is 3.59. The zero-order chi connectivity index (χ0) is 30.9.